The largest absolute Gasteiger partial charge is 0.466 e. The highest BCUT2D eigenvalue weighted by molar-refractivity contribution is 5.77. The van der Waals surface area contributed by atoms with Gasteiger partial charge in [0.2, 0.25) is 0 Å². The minimum atomic E-state index is -0.664. The second-order valence-corrected chi connectivity index (χ2v) is 8.24. The van der Waals surface area contributed by atoms with Crippen LogP contribution < -0.4 is 0 Å². The number of nitrogens with zero attached hydrogens (tertiary/aromatic N) is 3. The van der Waals surface area contributed by atoms with Crippen molar-refractivity contribution >= 4 is 5.97 Å². The SMILES string of the molecule is CCOC(=O)C(C)(C)C(C)(C)CC(c1ccccc1)C(C)(C)N=[N+]=[N-]. The summed E-state index contributed by atoms with van der Waals surface area (Å²) in [6.07, 6.45) is 0.689. The fourth-order valence-electron chi connectivity index (χ4n) is 3.00. The van der Waals surface area contributed by atoms with Crippen LogP contribution in [0.25, 0.3) is 10.4 Å². The predicted molar refractivity (Wildman–Crippen MR) is 101 cm³/mol. The third-order valence-corrected chi connectivity index (χ3v) is 5.55. The van der Waals surface area contributed by atoms with Crippen LogP contribution in [0, 0.1) is 10.8 Å². The van der Waals surface area contributed by atoms with E-state index >= 15 is 0 Å². The number of rotatable bonds is 8. The highest BCUT2D eigenvalue weighted by Gasteiger charge is 2.47. The monoisotopic (exact) mass is 345 g/mol. The number of carbonyl (C=O) groups is 1. The van der Waals surface area contributed by atoms with Gasteiger partial charge in [0.15, 0.2) is 0 Å². The molecule has 25 heavy (non-hydrogen) atoms. The molecule has 1 unspecified atom stereocenters. The first kappa shape index (κ1) is 21.0. The van der Waals surface area contributed by atoms with Crippen LogP contribution in [0.1, 0.15) is 66.4 Å². The first-order valence-corrected chi connectivity index (χ1v) is 8.78. The van der Waals surface area contributed by atoms with E-state index in [1.54, 1.807) is 0 Å². The van der Waals surface area contributed by atoms with Crippen molar-refractivity contribution in [3.05, 3.63) is 46.3 Å². The molecule has 0 aliphatic rings. The number of carbonyl (C=O) groups excluding carboxylic acids is 1. The molecule has 1 rings (SSSR count). The average molecular weight is 345 g/mol. The summed E-state index contributed by atoms with van der Waals surface area (Å²) < 4.78 is 5.29. The van der Waals surface area contributed by atoms with Gasteiger partial charge in [0.25, 0.3) is 0 Å². The molecule has 0 saturated heterocycles. The van der Waals surface area contributed by atoms with E-state index in [2.05, 4.69) is 23.9 Å². The Hall–Kier alpha value is -2.00. The molecule has 0 bridgehead atoms. The summed E-state index contributed by atoms with van der Waals surface area (Å²) in [7, 11) is 0. The van der Waals surface area contributed by atoms with Crippen molar-refractivity contribution in [3.63, 3.8) is 0 Å². The second kappa shape index (κ2) is 7.92. The van der Waals surface area contributed by atoms with Gasteiger partial charge in [0.05, 0.1) is 17.6 Å². The first-order chi connectivity index (χ1) is 11.5. The van der Waals surface area contributed by atoms with Crippen LogP contribution in [0.15, 0.2) is 35.4 Å². The van der Waals surface area contributed by atoms with Crippen molar-refractivity contribution in [2.24, 2.45) is 15.9 Å². The molecule has 0 aliphatic carbocycles. The smallest absolute Gasteiger partial charge is 0.312 e. The summed E-state index contributed by atoms with van der Waals surface area (Å²) in [5.41, 5.74) is 8.47. The molecule has 1 aromatic carbocycles. The maximum absolute atomic E-state index is 12.5. The number of esters is 1. The van der Waals surface area contributed by atoms with E-state index < -0.39 is 11.0 Å². The number of benzene rings is 1. The van der Waals surface area contributed by atoms with E-state index in [1.165, 1.54) is 0 Å². The van der Waals surface area contributed by atoms with E-state index in [-0.39, 0.29) is 17.3 Å². The van der Waals surface area contributed by atoms with Gasteiger partial charge in [-0.2, -0.15) is 0 Å². The Labute approximate surface area is 151 Å². The second-order valence-electron chi connectivity index (χ2n) is 8.24. The Morgan fingerprint density at radius 2 is 1.72 bits per heavy atom. The summed E-state index contributed by atoms with van der Waals surface area (Å²) >= 11 is 0. The van der Waals surface area contributed by atoms with Crippen molar-refractivity contribution < 1.29 is 9.53 Å². The van der Waals surface area contributed by atoms with E-state index in [9.17, 15) is 4.79 Å². The van der Waals surface area contributed by atoms with Crippen molar-refractivity contribution in [1.82, 2.24) is 0 Å². The minimum Gasteiger partial charge on any atom is -0.466 e. The van der Waals surface area contributed by atoms with Gasteiger partial charge in [-0.15, -0.1) is 0 Å². The minimum absolute atomic E-state index is 0.0201. The molecule has 0 fully saturated rings. The third kappa shape index (κ3) is 4.76. The number of ether oxygens (including phenoxy) is 1. The molecule has 0 aliphatic heterocycles. The standard InChI is InChI=1S/C20H31N3O2/c1-8-25-17(24)19(4,5)18(2,3)14-16(20(6,7)22-23-21)15-12-10-9-11-13-15/h9-13,16H,8,14H2,1-7H3. The zero-order chi connectivity index (χ0) is 19.3. The molecular weight excluding hydrogens is 314 g/mol. The van der Waals surface area contributed by atoms with Crippen LogP contribution in [0.2, 0.25) is 0 Å². The topological polar surface area (TPSA) is 75.1 Å². The zero-order valence-corrected chi connectivity index (χ0v) is 16.5. The molecule has 5 heteroatoms. The van der Waals surface area contributed by atoms with Gasteiger partial charge in [0, 0.05) is 4.91 Å². The van der Waals surface area contributed by atoms with E-state index in [1.807, 2.05) is 65.0 Å². The summed E-state index contributed by atoms with van der Waals surface area (Å²) in [5, 5.41) is 4.05. The van der Waals surface area contributed by atoms with Crippen LogP contribution in [0.3, 0.4) is 0 Å². The third-order valence-electron chi connectivity index (χ3n) is 5.55. The maximum atomic E-state index is 12.5. The summed E-state index contributed by atoms with van der Waals surface area (Å²) in [4.78, 5) is 15.5. The van der Waals surface area contributed by atoms with Crippen LogP contribution in [0.5, 0.6) is 0 Å². The van der Waals surface area contributed by atoms with Gasteiger partial charge >= 0.3 is 5.97 Å². The molecule has 0 amide bonds. The average Bonchev–Trinajstić information content (AvgIpc) is 2.53. The Morgan fingerprint density at radius 3 is 2.20 bits per heavy atom. The zero-order valence-electron chi connectivity index (χ0n) is 16.5. The first-order valence-electron chi connectivity index (χ1n) is 8.78. The number of hydrogen-bond donors (Lipinski definition) is 0. The van der Waals surface area contributed by atoms with Gasteiger partial charge in [-0.05, 0) is 49.6 Å². The Morgan fingerprint density at radius 1 is 1.16 bits per heavy atom. The van der Waals surface area contributed by atoms with Gasteiger partial charge in [-0.3, -0.25) is 4.79 Å². The Balaban J connectivity index is 3.29. The maximum Gasteiger partial charge on any atom is 0.312 e. The molecule has 1 atom stereocenters. The van der Waals surface area contributed by atoms with E-state index in [4.69, 9.17) is 10.3 Å². The van der Waals surface area contributed by atoms with Crippen molar-refractivity contribution in [1.29, 1.82) is 0 Å². The Bertz CT molecular complexity index is 630. The van der Waals surface area contributed by atoms with E-state index in [0.29, 0.717) is 13.0 Å². The fraction of sp³-hybridized carbons (Fsp3) is 0.650. The van der Waals surface area contributed by atoms with Gasteiger partial charge in [-0.1, -0.05) is 63.1 Å². The van der Waals surface area contributed by atoms with Gasteiger partial charge in [-0.25, -0.2) is 0 Å². The lowest BCUT2D eigenvalue weighted by atomic mass is 9.61. The van der Waals surface area contributed by atoms with Crippen molar-refractivity contribution in [2.75, 3.05) is 6.61 Å². The summed E-state index contributed by atoms with van der Waals surface area (Å²) in [5.74, 6) is -0.221. The lowest BCUT2D eigenvalue weighted by molar-refractivity contribution is -0.161. The Kier molecular flexibility index (Phi) is 6.67. The summed E-state index contributed by atoms with van der Waals surface area (Å²) in [6.45, 7) is 14.1. The van der Waals surface area contributed by atoms with Gasteiger partial charge < -0.3 is 4.74 Å². The number of azide groups is 1. The molecule has 0 aromatic heterocycles. The summed E-state index contributed by atoms with van der Waals surface area (Å²) in [6, 6.07) is 10.0. The molecule has 0 heterocycles. The fourth-order valence-corrected chi connectivity index (χ4v) is 3.00. The van der Waals surface area contributed by atoms with Crippen LogP contribution >= 0.6 is 0 Å². The molecule has 0 radical (unpaired) electrons. The molecular formula is C20H31N3O2. The molecule has 5 nitrogen and oxygen atoms in total. The van der Waals surface area contributed by atoms with Gasteiger partial charge in [0.1, 0.15) is 0 Å². The van der Waals surface area contributed by atoms with E-state index in [0.717, 1.165) is 5.56 Å². The van der Waals surface area contributed by atoms with Crippen LogP contribution in [-0.2, 0) is 9.53 Å². The quantitative estimate of drug-likeness (QED) is 0.256. The molecule has 138 valence electrons. The lowest BCUT2D eigenvalue weighted by Gasteiger charge is -2.44. The lowest BCUT2D eigenvalue weighted by Crippen LogP contribution is -2.43. The number of hydrogen-bond acceptors (Lipinski definition) is 3. The highest BCUT2D eigenvalue weighted by atomic mass is 16.5. The molecule has 0 N–H and O–H groups in total. The normalized spacial score (nSPS) is 13.7. The molecule has 1 aromatic rings. The van der Waals surface area contributed by atoms with Crippen molar-refractivity contribution in [3.8, 4) is 0 Å². The highest BCUT2D eigenvalue weighted by Crippen LogP contribution is 2.49. The molecule has 0 spiro atoms. The molecule has 0 saturated carbocycles. The van der Waals surface area contributed by atoms with Crippen molar-refractivity contribution in [2.45, 2.75) is 66.3 Å². The van der Waals surface area contributed by atoms with Crippen LogP contribution in [0.4, 0.5) is 0 Å². The predicted octanol–water partition coefficient (Wildman–Crippen LogP) is 5.86. The van der Waals surface area contributed by atoms with Crippen LogP contribution in [-0.4, -0.2) is 18.1 Å².